The summed E-state index contributed by atoms with van der Waals surface area (Å²) in [6, 6.07) is 11.9. The van der Waals surface area contributed by atoms with E-state index >= 15 is 0 Å². The van der Waals surface area contributed by atoms with Crippen LogP contribution in [0.3, 0.4) is 0 Å². The van der Waals surface area contributed by atoms with Gasteiger partial charge in [0.2, 0.25) is 0 Å². The lowest BCUT2D eigenvalue weighted by atomic mass is 10.1. The highest BCUT2D eigenvalue weighted by Crippen LogP contribution is 2.12. The first-order chi connectivity index (χ1) is 8.83. The highest BCUT2D eigenvalue weighted by Gasteiger charge is 2.14. The van der Waals surface area contributed by atoms with Gasteiger partial charge in [0, 0.05) is 13.1 Å². The number of thiocarbonyl (C=S) groups is 1. The van der Waals surface area contributed by atoms with Crippen LogP contribution in [0.2, 0.25) is 0 Å². The number of nitrogens with one attached hydrogen (secondary N) is 2. The van der Waals surface area contributed by atoms with Crippen molar-refractivity contribution in [3.8, 4) is 6.07 Å². The lowest BCUT2D eigenvalue weighted by Crippen LogP contribution is -2.27. The van der Waals surface area contributed by atoms with Crippen molar-refractivity contribution in [2.75, 3.05) is 13.1 Å². The zero-order valence-electron chi connectivity index (χ0n) is 10.1. The summed E-state index contributed by atoms with van der Waals surface area (Å²) in [6.45, 7) is 1.76. The van der Waals surface area contributed by atoms with Crippen LogP contribution in [0, 0.1) is 11.3 Å². The molecule has 1 saturated heterocycles. The Morgan fingerprint density at radius 1 is 1.11 bits per heavy atom. The second-order valence-electron chi connectivity index (χ2n) is 4.12. The molecule has 1 aromatic rings. The van der Waals surface area contributed by atoms with E-state index in [1.807, 2.05) is 30.3 Å². The largest absolute Gasteiger partial charge is 0.371 e. The summed E-state index contributed by atoms with van der Waals surface area (Å²) in [4.78, 5) is 0.593. The maximum Gasteiger partial charge on any atom is 0.118 e. The monoisotopic (exact) mass is 257 g/mol. The standard InChI is InChI=1S/C14H15N3S/c15-10-12(14-16-8-4-5-9-17-14)13(18)11-6-2-1-3-7-11/h1-3,6-7,16-17H,4-5,8-9H2. The number of rotatable bonds is 2. The highest BCUT2D eigenvalue weighted by molar-refractivity contribution is 7.81. The third-order valence-electron chi connectivity index (χ3n) is 2.83. The molecule has 0 saturated carbocycles. The molecule has 1 heterocycles. The van der Waals surface area contributed by atoms with Crippen LogP contribution >= 0.6 is 12.2 Å². The molecular formula is C14H15N3S. The fourth-order valence-electron chi connectivity index (χ4n) is 1.87. The number of nitriles is 1. The van der Waals surface area contributed by atoms with E-state index in [9.17, 15) is 5.26 Å². The number of nitrogens with zero attached hydrogens (tertiary/aromatic N) is 1. The Morgan fingerprint density at radius 3 is 2.28 bits per heavy atom. The Balaban J connectivity index is 2.31. The molecule has 18 heavy (non-hydrogen) atoms. The molecule has 0 unspecified atom stereocenters. The van der Waals surface area contributed by atoms with Gasteiger partial charge in [0.15, 0.2) is 0 Å². The van der Waals surface area contributed by atoms with Gasteiger partial charge in [-0.3, -0.25) is 0 Å². The van der Waals surface area contributed by atoms with Gasteiger partial charge in [0.05, 0.1) is 4.86 Å². The minimum atomic E-state index is 0.526. The molecular weight excluding hydrogens is 242 g/mol. The molecule has 1 aliphatic rings. The normalized spacial score (nSPS) is 14.7. The molecule has 0 aromatic heterocycles. The Hall–Kier alpha value is -1.86. The van der Waals surface area contributed by atoms with Crippen molar-refractivity contribution in [1.82, 2.24) is 10.6 Å². The second kappa shape index (κ2) is 6.18. The van der Waals surface area contributed by atoms with Crippen LogP contribution in [0.15, 0.2) is 41.7 Å². The molecule has 1 fully saturated rings. The van der Waals surface area contributed by atoms with E-state index in [0.717, 1.165) is 37.3 Å². The summed E-state index contributed by atoms with van der Waals surface area (Å²) in [6.07, 6.45) is 2.21. The number of hydrogen-bond donors (Lipinski definition) is 2. The van der Waals surface area contributed by atoms with Crippen LogP contribution in [0.5, 0.6) is 0 Å². The predicted octanol–water partition coefficient (Wildman–Crippen LogP) is 2.11. The molecule has 4 heteroatoms. The number of hydrogen-bond acceptors (Lipinski definition) is 4. The lowest BCUT2D eigenvalue weighted by Gasteiger charge is -2.12. The van der Waals surface area contributed by atoms with E-state index in [-0.39, 0.29) is 0 Å². The van der Waals surface area contributed by atoms with Crippen molar-refractivity contribution in [3.63, 3.8) is 0 Å². The summed E-state index contributed by atoms with van der Waals surface area (Å²) in [7, 11) is 0. The molecule has 0 bridgehead atoms. The molecule has 0 atom stereocenters. The predicted molar refractivity (Wildman–Crippen MR) is 76.0 cm³/mol. The van der Waals surface area contributed by atoms with E-state index in [4.69, 9.17) is 12.2 Å². The van der Waals surface area contributed by atoms with Crippen molar-refractivity contribution >= 4 is 17.1 Å². The van der Waals surface area contributed by atoms with Crippen molar-refractivity contribution in [2.45, 2.75) is 12.8 Å². The fourth-order valence-corrected chi connectivity index (χ4v) is 2.15. The molecule has 2 N–H and O–H groups in total. The topological polar surface area (TPSA) is 47.9 Å². The highest BCUT2D eigenvalue weighted by atomic mass is 32.1. The van der Waals surface area contributed by atoms with Gasteiger partial charge in [-0.2, -0.15) is 5.26 Å². The van der Waals surface area contributed by atoms with Gasteiger partial charge in [-0.15, -0.1) is 0 Å². The molecule has 1 aliphatic heterocycles. The SMILES string of the molecule is N#CC(C(=S)c1ccccc1)=C1NCCCCN1. The molecule has 0 amide bonds. The number of allylic oxidation sites excluding steroid dienone is 1. The van der Waals surface area contributed by atoms with Crippen molar-refractivity contribution < 1.29 is 0 Å². The van der Waals surface area contributed by atoms with Gasteiger partial charge in [0.1, 0.15) is 17.5 Å². The van der Waals surface area contributed by atoms with E-state index in [1.54, 1.807) is 0 Å². The molecule has 92 valence electrons. The van der Waals surface area contributed by atoms with Crippen LogP contribution in [0.4, 0.5) is 0 Å². The smallest absolute Gasteiger partial charge is 0.118 e. The van der Waals surface area contributed by atoms with Gasteiger partial charge in [0.25, 0.3) is 0 Å². The molecule has 0 radical (unpaired) electrons. The summed E-state index contributed by atoms with van der Waals surface area (Å²) in [5.74, 6) is 0.767. The number of benzene rings is 1. The van der Waals surface area contributed by atoms with E-state index < -0.39 is 0 Å². The van der Waals surface area contributed by atoms with Crippen LogP contribution in [-0.2, 0) is 0 Å². The van der Waals surface area contributed by atoms with Crippen LogP contribution in [-0.4, -0.2) is 18.0 Å². The maximum absolute atomic E-state index is 9.33. The minimum absolute atomic E-state index is 0.526. The lowest BCUT2D eigenvalue weighted by molar-refractivity contribution is 0.742. The summed E-state index contributed by atoms with van der Waals surface area (Å²) in [5.41, 5.74) is 1.43. The van der Waals surface area contributed by atoms with E-state index in [1.165, 1.54) is 0 Å². The molecule has 0 aliphatic carbocycles. The van der Waals surface area contributed by atoms with Crippen molar-refractivity contribution in [3.05, 3.63) is 47.3 Å². The summed E-state index contributed by atoms with van der Waals surface area (Å²) >= 11 is 5.41. The second-order valence-corrected chi connectivity index (χ2v) is 4.53. The van der Waals surface area contributed by atoms with Gasteiger partial charge in [-0.1, -0.05) is 42.5 Å². The Morgan fingerprint density at radius 2 is 1.72 bits per heavy atom. The fraction of sp³-hybridized carbons (Fsp3) is 0.286. The quantitative estimate of drug-likeness (QED) is 0.369. The van der Waals surface area contributed by atoms with Crippen molar-refractivity contribution in [2.24, 2.45) is 0 Å². The summed E-state index contributed by atoms with van der Waals surface area (Å²) < 4.78 is 0. The van der Waals surface area contributed by atoms with Gasteiger partial charge in [-0.05, 0) is 18.4 Å². The average Bonchev–Trinajstić information content (AvgIpc) is 2.70. The molecule has 3 nitrogen and oxygen atoms in total. The Bertz CT molecular complexity index is 490. The van der Waals surface area contributed by atoms with Gasteiger partial charge >= 0.3 is 0 Å². The van der Waals surface area contributed by atoms with Gasteiger partial charge < -0.3 is 10.6 Å². The van der Waals surface area contributed by atoms with Crippen molar-refractivity contribution in [1.29, 1.82) is 5.26 Å². The summed E-state index contributed by atoms with van der Waals surface area (Å²) in [5, 5.41) is 15.8. The third-order valence-corrected chi connectivity index (χ3v) is 3.27. The van der Waals surface area contributed by atoms with E-state index in [2.05, 4.69) is 16.7 Å². The minimum Gasteiger partial charge on any atom is -0.371 e. The van der Waals surface area contributed by atoms with Crippen LogP contribution in [0.1, 0.15) is 18.4 Å². The zero-order valence-corrected chi connectivity index (χ0v) is 10.9. The zero-order chi connectivity index (χ0) is 12.8. The Labute approximate surface area is 113 Å². The third kappa shape index (κ3) is 2.88. The maximum atomic E-state index is 9.33. The van der Waals surface area contributed by atoms with E-state index in [0.29, 0.717) is 10.4 Å². The van der Waals surface area contributed by atoms with Crippen LogP contribution in [0.25, 0.3) is 0 Å². The average molecular weight is 257 g/mol. The Kier molecular flexibility index (Phi) is 4.32. The first-order valence-corrected chi connectivity index (χ1v) is 6.45. The molecule has 2 rings (SSSR count). The first kappa shape index (κ1) is 12.6. The van der Waals surface area contributed by atoms with Crippen LogP contribution < -0.4 is 10.6 Å². The molecule has 0 spiro atoms. The molecule has 1 aromatic carbocycles. The first-order valence-electron chi connectivity index (χ1n) is 6.05. The van der Waals surface area contributed by atoms with Gasteiger partial charge in [-0.25, -0.2) is 0 Å².